The summed E-state index contributed by atoms with van der Waals surface area (Å²) in [6.07, 6.45) is 6.63. The van der Waals surface area contributed by atoms with Crippen LogP contribution in [0.4, 0.5) is 0 Å². The van der Waals surface area contributed by atoms with Gasteiger partial charge in [-0.3, -0.25) is 9.59 Å². The van der Waals surface area contributed by atoms with Gasteiger partial charge in [-0.2, -0.15) is 0 Å². The highest BCUT2D eigenvalue weighted by Crippen LogP contribution is 2.14. The van der Waals surface area contributed by atoms with Crippen LogP contribution < -0.4 is 5.32 Å². The van der Waals surface area contributed by atoms with E-state index in [-0.39, 0.29) is 18.4 Å². The Morgan fingerprint density at radius 2 is 2.00 bits per heavy atom. The maximum atomic E-state index is 12.4. The summed E-state index contributed by atoms with van der Waals surface area (Å²) < 4.78 is 12.9. The second-order valence-corrected chi connectivity index (χ2v) is 8.30. The van der Waals surface area contributed by atoms with Crippen molar-refractivity contribution in [1.82, 2.24) is 19.7 Å². The molecule has 8 heteroatoms. The lowest BCUT2D eigenvalue weighted by Crippen LogP contribution is -2.37. The average Bonchev–Trinajstić information content (AvgIpc) is 3.44. The van der Waals surface area contributed by atoms with E-state index in [4.69, 9.17) is 9.15 Å². The highest BCUT2D eigenvalue weighted by molar-refractivity contribution is 5.91. The molecular weight excluding hydrogens is 408 g/mol. The van der Waals surface area contributed by atoms with Crippen molar-refractivity contribution in [1.29, 1.82) is 0 Å². The molecule has 1 N–H and O–H groups in total. The van der Waals surface area contributed by atoms with E-state index in [9.17, 15) is 9.59 Å². The summed E-state index contributed by atoms with van der Waals surface area (Å²) in [7, 11) is 1.53. The normalized spacial score (nSPS) is 14.4. The Bertz CT molecular complexity index is 854. The molecule has 2 amide bonds. The first-order valence-corrected chi connectivity index (χ1v) is 11.6. The molecule has 0 saturated carbocycles. The second-order valence-electron chi connectivity index (χ2n) is 8.30. The zero-order valence-corrected chi connectivity index (χ0v) is 19.3. The minimum absolute atomic E-state index is 0.0244. The van der Waals surface area contributed by atoms with Crippen LogP contribution in [0.25, 0.3) is 0 Å². The maximum Gasteiger partial charge on any atom is 0.287 e. The van der Waals surface area contributed by atoms with Crippen molar-refractivity contribution in [2.45, 2.75) is 45.7 Å². The lowest BCUT2D eigenvalue weighted by Gasteiger charge is -2.26. The van der Waals surface area contributed by atoms with Gasteiger partial charge in [0.2, 0.25) is 5.91 Å². The van der Waals surface area contributed by atoms with Crippen molar-refractivity contribution >= 4 is 11.8 Å². The number of likely N-dealkylation sites (tertiary alicyclic amines) is 1. The molecule has 0 radical (unpaired) electrons. The van der Waals surface area contributed by atoms with Crippen molar-refractivity contribution < 1.29 is 18.7 Å². The molecule has 0 aromatic carbocycles. The summed E-state index contributed by atoms with van der Waals surface area (Å²) in [6, 6.07) is 7.51. The van der Waals surface area contributed by atoms with Crippen LogP contribution in [0.5, 0.6) is 0 Å². The molecule has 1 aliphatic heterocycles. The maximum absolute atomic E-state index is 12.4. The number of carbonyl (C=O) groups is 2. The van der Waals surface area contributed by atoms with Gasteiger partial charge in [-0.05, 0) is 56.6 Å². The van der Waals surface area contributed by atoms with Crippen molar-refractivity contribution in [3.63, 3.8) is 0 Å². The van der Waals surface area contributed by atoms with Gasteiger partial charge in [0.05, 0.1) is 13.1 Å². The summed E-state index contributed by atoms with van der Waals surface area (Å²) >= 11 is 0. The third kappa shape index (κ3) is 6.97. The van der Waals surface area contributed by atoms with Crippen LogP contribution in [-0.2, 0) is 22.6 Å². The van der Waals surface area contributed by atoms with Gasteiger partial charge in [0, 0.05) is 38.6 Å². The van der Waals surface area contributed by atoms with Crippen molar-refractivity contribution in [2.75, 3.05) is 46.4 Å². The van der Waals surface area contributed by atoms with Crippen molar-refractivity contribution in [3.05, 3.63) is 47.7 Å². The van der Waals surface area contributed by atoms with E-state index in [0.29, 0.717) is 37.7 Å². The Morgan fingerprint density at radius 1 is 1.19 bits per heavy atom. The topological polar surface area (TPSA) is 80.0 Å². The number of methoxy groups -OCH3 is 1. The number of piperidine rings is 1. The molecule has 176 valence electrons. The first kappa shape index (κ1) is 24.1. The van der Waals surface area contributed by atoms with Gasteiger partial charge in [-0.1, -0.05) is 13.3 Å². The third-order valence-corrected chi connectivity index (χ3v) is 5.76. The van der Waals surface area contributed by atoms with Gasteiger partial charge in [0.1, 0.15) is 12.4 Å². The molecule has 1 saturated heterocycles. The zero-order valence-electron chi connectivity index (χ0n) is 19.3. The largest absolute Gasteiger partial charge is 0.454 e. The Kier molecular flexibility index (Phi) is 9.37. The SMILES string of the molecule is CCCN(Cc1cccn1Cc1ccc(C(=O)NCCN2CCCCC2)o1)C(=O)COC. The molecular formula is C24H36N4O4. The smallest absolute Gasteiger partial charge is 0.287 e. The number of ether oxygens (including phenoxy) is 1. The fourth-order valence-corrected chi connectivity index (χ4v) is 4.07. The van der Waals surface area contributed by atoms with E-state index in [1.165, 1.54) is 26.4 Å². The first-order valence-electron chi connectivity index (χ1n) is 11.6. The predicted octanol–water partition coefficient (Wildman–Crippen LogP) is 2.73. The molecule has 0 aliphatic carbocycles. The summed E-state index contributed by atoms with van der Waals surface area (Å²) in [5, 5.41) is 2.96. The molecule has 2 aromatic heterocycles. The number of nitrogens with one attached hydrogen (secondary N) is 1. The summed E-state index contributed by atoms with van der Waals surface area (Å²) in [6.45, 7) is 7.55. The number of hydrogen-bond acceptors (Lipinski definition) is 5. The van der Waals surface area contributed by atoms with E-state index in [0.717, 1.165) is 31.7 Å². The van der Waals surface area contributed by atoms with Crippen LogP contribution in [0.15, 0.2) is 34.9 Å². The summed E-state index contributed by atoms with van der Waals surface area (Å²) in [5.41, 5.74) is 1.01. The highest BCUT2D eigenvalue weighted by atomic mass is 16.5. The van der Waals surface area contributed by atoms with Crippen LogP contribution in [0.3, 0.4) is 0 Å². The summed E-state index contributed by atoms with van der Waals surface area (Å²) in [4.78, 5) is 29.0. The van der Waals surface area contributed by atoms with Gasteiger partial charge < -0.3 is 28.8 Å². The Morgan fingerprint density at radius 3 is 2.75 bits per heavy atom. The van der Waals surface area contributed by atoms with E-state index in [2.05, 4.69) is 10.2 Å². The van der Waals surface area contributed by atoms with E-state index < -0.39 is 0 Å². The molecule has 3 rings (SSSR count). The van der Waals surface area contributed by atoms with Crippen LogP contribution >= 0.6 is 0 Å². The van der Waals surface area contributed by atoms with Crippen LogP contribution in [0, 0.1) is 0 Å². The number of hydrogen-bond donors (Lipinski definition) is 1. The Labute approximate surface area is 190 Å². The molecule has 0 atom stereocenters. The minimum atomic E-state index is -0.180. The molecule has 3 heterocycles. The summed E-state index contributed by atoms with van der Waals surface area (Å²) in [5.74, 6) is 0.827. The number of furan rings is 1. The van der Waals surface area contributed by atoms with Gasteiger partial charge in [0.15, 0.2) is 5.76 Å². The lowest BCUT2D eigenvalue weighted by atomic mass is 10.1. The van der Waals surface area contributed by atoms with Gasteiger partial charge in [-0.15, -0.1) is 0 Å². The fraction of sp³-hybridized carbons (Fsp3) is 0.583. The highest BCUT2D eigenvalue weighted by Gasteiger charge is 2.17. The minimum Gasteiger partial charge on any atom is -0.454 e. The molecule has 0 bridgehead atoms. The number of rotatable bonds is 12. The predicted molar refractivity (Wildman–Crippen MR) is 122 cm³/mol. The van der Waals surface area contributed by atoms with Crippen LogP contribution in [-0.4, -0.2) is 72.6 Å². The molecule has 32 heavy (non-hydrogen) atoms. The average molecular weight is 445 g/mol. The quantitative estimate of drug-likeness (QED) is 0.545. The Hall–Kier alpha value is -2.58. The first-order chi connectivity index (χ1) is 15.6. The van der Waals surface area contributed by atoms with E-state index >= 15 is 0 Å². The molecule has 0 spiro atoms. The number of amides is 2. The number of carbonyl (C=O) groups excluding carboxylic acids is 2. The molecule has 8 nitrogen and oxygen atoms in total. The Balaban J connectivity index is 1.53. The second kappa shape index (κ2) is 12.5. The van der Waals surface area contributed by atoms with E-state index in [1.54, 1.807) is 11.0 Å². The molecule has 1 aliphatic rings. The molecule has 2 aromatic rings. The standard InChI is InChI=1S/C24H36N4O4/c1-3-12-28(23(29)19-31-2)17-20-8-7-15-27(20)18-21-9-10-22(32-21)24(30)25-11-16-26-13-5-4-6-14-26/h7-10,15H,3-6,11-14,16-19H2,1-2H3,(H,25,30). The van der Waals surface area contributed by atoms with Gasteiger partial charge in [-0.25, -0.2) is 0 Å². The molecule has 1 fully saturated rings. The third-order valence-electron chi connectivity index (χ3n) is 5.76. The van der Waals surface area contributed by atoms with Gasteiger partial charge >= 0.3 is 0 Å². The molecule has 0 unspecified atom stereocenters. The zero-order chi connectivity index (χ0) is 22.8. The van der Waals surface area contributed by atoms with E-state index in [1.807, 2.05) is 35.9 Å². The fourth-order valence-electron chi connectivity index (χ4n) is 4.07. The monoisotopic (exact) mass is 444 g/mol. The number of aromatic nitrogens is 1. The number of nitrogens with zero attached hydrogens (tertiary/aromatic N) is 3. The van der Waals surface area contributed by atoms with Crippen LogP contribution in [0.1, 0.15) is 54.6 Å². The lowest BCUT2D eigenvalue weighted by molar-refractivity contribution is -0.135. The van der Waals surface area contributed by atoms with Crippen molar-refractivity contribution in [3.8, 4) is 0 Å². The van der Waals surface area contributed by atoms with Crippen LogP contribution in [0.2, 0.25) is 0 Å². The van der Waals surface area contributed by atoms with Crippen molar-refractivity contribution in [2.24, 2.45) is 0 Å². The van der Waals surface area contributed by atoms with Gasteiger partial charge in [0.25, 0.3) is 5.91 Å².